The summed E-state index contributed by atoms with van der Waals surface area (Å²) in [5.41, 5.74) is 2.15. The summed E-state index contributed by atoms with van der Waals surface area (Å²) in [5.74, 6) is 6.30. The molecule has 0 fully saturated rings. The first kappa shape index (κ1) is 14.1. The Labute approximate surface area is 109 Å². The molecule has 0 saturated heterocycles. The van der Waals surface area contributed by atoms with Gasteiger partial charge < -0.3 is 10.1 Å². The van der Waals surface area contributed by atoms with E-state index in [0.29, 0.717) is 24.9 Å². The predicted octanol–water partition coefficient (Wildman–Crippen LogP) is 1.75. The van der Waals surface area contributed by atoms with Crippen molar-refractivity contribution in [3.05, 3.63) is 10.7 Å². The average molecular weight is 304 g/mol. The van der Waals surface area contributed by atoms with Crippen LogP contribution >= 0.6 is 15.9 Å². The van der Waals surface area contributed by atoms with Crippen LogP contribution in [0, 0.1) is 0 Å². The molecule has 6 nitrogen and oxygen atoms in total. The van der Waals surface area contributed by atoms with Gasteiger partial charge in [0.25, 0.3) is 0 Å². The van der Waals surface area contributed by atoms with Crippen LogP contribution in [-0.2, 0) is 4.74 Å². The number of hydrogen-bond acceptors (Lipinski definition) is 6. The summed E-state index contributed by atoms with van der Waals surface area (Å²) >= 11 is 3.37. The number of hydrogen-bond donors (Lipinski definition) is 3. The number of ether oxygens (including phenoxy) is 1. The Hall–Kier alpha value is -0.920. The molecule has 7 heteroatoms. The van der Waals surface area contributed by atoms with Gasteiger partial charge in [-0.1, -0.05) is 0 Å². The highest BCUT2D eigenvalue weighted by atomic mass is 79.9. The smallest absolute Gasteiger partial charge is 0.239 e. The Morgan fingerprint density at radius 1 is 1.53 bits per heavy atom. The number of halogens is 1. The quantitative estimate of drug-likeness (QED) is 0.548. The second-order valence-corrected chi connectivity index (χ2v) is 4.94. The van der Waals surface area contributed by atoms with Gasteiger partial charge in [-0.2, -0.15) is 4.98 Å². The summed E-state index contributed by atoms with van der Waals surface area (Å²) in [6.45, 7) is 7.32. The van der Waals surface area contributed by atoms with Crippen LogP contribution in [0.4, 0.5) is 11.8 Å². The number of anilines is 2. The maximum absolute atomic E-state index is 5.59. The molecule has 1 aromatic heterocycles. The molecule has 1 aromatic rings. The molecule has 0 atom stereocenters. The largest absolute Gasteiger partial charge is 0.374 e. The van der Waals surface area contributed by atoms with E-state index in [1.807, 2.05) is 20.8 Å². The second kappa shape index (κ2) is 6.13. The Morgan fingerprint density at radius 3 is 2.82 bits per heavy atom. The minimum Gasteiger partial charge on any atom is -0.374 e. The highest BCUT2D eigenvalue weighted by molar-refractivity contribution is 9.10. The van der Waals surface area contributed by atoms with Crippen molar-refractivity contribution >= 4 is 27.7 Å². The molecular formula is C10H18BrN5O. The molecule has 0 radical (unpaired) electrons. The molecule has 0 unspecified atom stereocenters. The van der Waals surface area contributed by atoms with Crippen molar-refractivity contribution in [1.29, 1.82) is 0 Å². The topological polar surface area (TPSA) is 85.1 Å². The molecular weight excluding hydrogens is 286 g/mol. The van der Waals surface area contributed by atoms with Gasteiger partial charge in [-0.15, -0.1) is 0 Å². The zero-order valence-corrected chi connectivity index (χ0v) is 11.8. The number of hydrazine groups is 1. The molecule has 0 amide bonds. The van der Waals surface area contributed by atoms with Gasteiger partial charge in [-0.3, -0.25) is 5.43 Å². The molecule has 1 rings (SSSR count). The van der Waals surface area contributed by atoms with E-state index in [-0.39, 0.29) is 5.60 Å². The van der Waals surface area contributed by atoms with Crippen LogP contribution in [0.15, 0.2) is 10.7 Å². The molecule has 0 spiro atoms. The van der Waals surface area contributed by atoms with Crippen LogP contribution in [0.3, 0.4) is 0 Å². The lowest BCUT2D eigenvalue weighted by Gasteiger charge is -2.25. The predicted molar refractivity (Wildman–Crippen MR) is 71.7 cm³/mol. The Kier molecular flexibility index (Phi) is 5.10. The summed E-state index contributed by atoms with van der Waals surface area (Å²) < 4.78 is 6.37. The molecule has 0 saturated carbocycles. The molecule has 17 heavy (non-hydrogen) atoms. The van der Waals surface area contributed by atoms with Gasteiger partial charge in [-0.25, -0.2) is 10.8 Å². The lowest BCUT2D eigenvalue weighted by atomic mass is 10.1. The van der Waals surface area contributed by atoms with E-state index < -0.39 is 0 Å². The molecule has 1 heterocycles. The Balaban J connectivity index is 2.68. The molecule has 0 aliphatic heterocycles. The molecule has 4 N–H and O–H groups in total. The molecule has 0 aromatic carbocycles. The number of nitrogens with two attached hydrogens (primary N) is 1. The maximum atomic E-state index is 5.59. The Bertz CT molecular complexity index is 372. The summed E-state index contributed by atoms with van der Waals surface area (Å²) in [5, 5.41) is 3.19. The number of rotatable bonds is 6. The highest BCUT2D eigenvalue weighted by Crippen LogP contribution is 2.21. The lowest BCUT2D eigenvalue weighted by Crippen LogP contribution is -2.33. The van der Waals surface area contributed by atoms with Crippen molar-refractivity contribution in [3.8, 4) is 0 Å². The van der Waals surface area contributed by atoms with E-state index in [1.165, 1.54) is 0 Å². The summed E-state index contributed by atoms with van der Waals surface area (Å²) in [6, 6.07) is 0. The third kappa shape index (κ3) is 4.45. The van der Waals surface area contributed by atoms with Crippen LogP contribution in [-0.4, -0.2) is 28.7 Å². The van der Waals surface area contributed by atoms with Crippen LogP contribution in [0.1, 0.15) is 20.8 Å². The molecule has 0 aliphatic carbocycles. The fourth-order valence-electron chi connectivity index (χ4n) is 1.30. The fourth-order valence-corrected chi connectivity index (χ4v) is 1.63. The second-order valence-electron chi connectivity index (χ2n) is 4.08. The van der Waals surface area contributed by atoms with E-state index in [9.17, 15) is 0 Å². The van der Waals surface area contributed by atoms with E-state index in [1.54, 1.807) is 6.20 Å². The number of aromatic nitrogens is 2. The first-order valence-corrected chi connectivity index (χ1v) is 6.15. The number of nitrogens with zero attached hydrogens (tertiary/aromatic N) is 2. The normalized spacial score (nSPS) is 11.4. The van der Waals surface area contributed by atoms with Gasteiger partial charge >= 0.3 is 0 Å². The first-order chi connectivity index (χ1) is 7.98. The maximum Gasteiger partial charge on any atom is 0.239 e. The first-order valence-electron chi connectivity index (χ1n) is 5.35. The van der Waals surface area contributed by atoms with Crippen molar-refractivity contribution in [1.82, 2.24) is 9.97 Å². The van der Waals surface area contributed by atoms with E-state index in [0.717, 1.165) is 4.47 Å². The monoisotopic (exact) mass is 303 g/mol. The summed E-state index contributed by atoms with van der Waals surface area (Å²) in [4.78, 5) is 8.17. The van der Waals surface area contributed by atoms with Gasteiger partial charge in [0.2, 0.25) is 5.95 Å². The highest BCUT2D eigenvalue weighted by Gasteiger charge is 2.18. The summed E-state index contributed by atoms with van der Waals surface area (Å²) in [7, 11) is 0. The van der Waals surface area contributed by atoms with Crippen molar-refractivity contribution in [2.24, 2.45) is 5.84 Å². The van der Waals surface area contributed by atoms with Gasteiger partial charge in [0.15, 0.2) is 0 Å². The third-order valence-electron chi connectivity index (χ3n) is 2.09. The van der Waals surface area contributed by atoms with Crippen molar-refractivity contribution in [3.63, 3.8) is 0 Å². The number of nitrogen functional groups attached to an aromatic ring is 1. The zero-order valence-electron chi connectivity index (χ0n) is 10.2. The standard InChI is InChI=1S/C10H18BrN5O/c1-4-17-10(2,3)6-14-8-7(11)5-13-9(15-8)16-12/h5H,4,6,12H2,1-3H3,(H2,13,14,15,16). The van der Waals surface area contributed by atoms with E-state index in [2.05, 4.69) is 36.6 Å². The SMILES string of the molecule is CCOC(C)(C)CNc1nc(NN)ncc1Br. The van der Waals surface area contributed by atoms with E-state index >= 15 is 0 Å². The van der Waals surface area contributed by atoms with Gasteiger partial charge in [-0.05, 0) is 36.7 Å². The van der Waals surface area contributed by atoms with Crippen molar-refractivity contribution < 1.29 is 4.74 Å². The molecule has 0 bridgehead atoms. The minimum absolute atomic E-state index is 0.255. The van der Waals surface area contributed by atoms with Crippen LogP contribution in [0.25, 0.3) is 0 Å². The third-order valence-corrected chi connectivity index (χ3v) is 2.67. The van der Waals surface area contributed by atoms with Crippen molar-refractivity contribution in [2.45, 2.75) is 26.4 Å². The van der Waals surface area contributed by atoms with Crippen LogP contribution < -0.4 is 16.6 Å². The zero-order chi connectivity index (χ0) is 12.9. The Morgan fingerprint density at radius 2 is 2.24 bits per heavy atom. The van der Waals surface area contributed by atoms with Crippen molar-refractivity contribution in [2.75, 3.05) is 23.9 Å². The lowest BCUT2D eigenvalue weighted by molar-refractivity contribution is 0.000633. The fraction of sp³-hybridized carbons (Fsp3) is 0.600. The van der Waals surface area contributed by atoms with Crippen LogP contribution in [0.5, 0.6) is 0 Å². The van der Waals surface area contributed by atoms with Gasteiger partial charge in [0, 0.05) is 19.3 Å². The molecule has 96 valence electrons. The van der Waals surface area contributed by atoms with Crippen LogP contribution in [0.2, 0.25) is 0 Å². The van der Waals surface area contributed by atoms with E-state index in [4.69, 9.17) is 10.6 Å². The average Bonchev–Trinajstić information content (AvgIpc) is 2.28. The van der Waals surface area contributed by atoms with Gasteiger partial charge in [0.1, 0.15) is 5.82 Å². The summed E-state index contributed by atoms with van der Waals surface area (Å²) in [6.07, 6.45) is 1.64. The van der Waals surface area contributed by atoms with Gasteiger partial charge in [0.05, 0.1) is 10.1 Å². The molecule has 0 aliphatic rings. The number of nitrogens with one attached hydrogen (secondary N) is 2. The minimum atomic E-state index is -0.255.